The van der Waals surface area contributed by atoms with Crippen molar-refractivity contribution in [2.45, 2.75) is 45.2 Å². The van der Waals surface area contributed by atoms with E-state index in [0.717, 1.165) is 18.0 Å². The highest BCUT2D eigenvalue weighted by Gasteiger charge is 2.34. The number of nitrogens with one attached hydrogen (secondary N) is 2. The summed E-state index contributed by atoms with van der Waals surface area (Å²) in [5, 5.41) is 3.13. The van der Waals surface area contributed by atoms with Gasteiger partial charge in [-0.15, -0.1) is 0 Å². The maximum atomic E-state index is 12.7. The van der Waals surface area contributed by atoms with Gasteiger partial charge in [0.05, 0.1) is 13.2 Å². The SMILES string of the molecule is COc1ccc(C[NH+](CC(=O)Nc2ccccc2C(C)C)C2CC2)cc1. The molecule has 1 saturated carbocycles. The molecule has 0 aromatic heterocycles. The molecule has 0 saturated heterocycles. The molecule has 1 aliphatic rings. The summed E-state index contributed by atoms with van der Waals surface area (Å²) in [6.07, 6.45) is 2.42. The van der Waals surface area contributed by atoms with Crippen LogP contribution in [0.4, 0.5) is 5.69 Å². The van der Waals surface area contributed by atoms with Crippen molar-refractivity contribution in [1.29, 1.82) is 0 Å². The molecule has 4 nitrogen and oxygen atoms in total. The number of anilines is 1. The van der Waals surface area contributed by atoms with Gasteiger partial charge in [-0.05, 0) is 41.8 Å². The monoisotopic (exact) mass is 353 g/mol. The van der Waals surface area contributed by atoms with Crippen molar-refractivity contribution >= 4 is 11.6 Å². The molecule has 0 heterocycles. The Labute approximate surface area is 156 Å². The Morgan fingerprint density at radius 1 is 1.15 bits per heavy atom. The van der Waals surface area contributed by atoms with Crippen LogP contribution in [0.5, 0.6) is 5.75 Å². The van der Waals surface area contributed by atoms with Gasteiger partial charge >= 0.3 is 0 Å². The van der Waals surface area contributed by atoms with Crippen LogP contribution in [0.15, 0.2) is 48.5 Å². The molecule has 0 bridgehead atoms. The third kappa shape index (κ3) is 4.85. The molecule has 1 atom stereocenters. The second kappa shape index (κ2) is 8.37. The number of ether oxygens (including phenoxy) is 1. The maximum absolute atomic E-state index is 12.7. The molecule has 138 valence electrons. The quantitative estimate of drug-likeness (QED) is 0.766. The Hall–Kier alpha value is -2.33. The topological polar surface area (TPSA) is 42.8 Å². The van der Waals surface area contributed by atoms with Crippen molar-refractivity contribution in [3.8, 4) is 5.75 Å². The highest BCUT2D eigenvalue weighted by Crippen LogP contribution is 2.23. The lowest BCUT2D eigenvalue weighted by atomic mass is 10.0. The molecular formula is C22H29N2O2+. The van der Waals surface area contributed by atoms with Crippen molar-refractivity contribution < 1.29 is 14.4 Å². The summed E-state index contributed by atoms with van der Waals surface area (Å²) in [7, 11) is 1.68. The van der Waals surface area contributed by atoms with E-state index >= 15 is 0 Å². The maximum Gasteiger partial charge on any atom is 0.279 e. The Balaban J connectivity index is 1.63. The van der Waals surface area contributed by atoms with Crippen LogP contribution >= 0.6 is 0 Å². The first-order valence-electron chi connectivity index (χ1n) is 9.43. The average molecular weight is 353 g/mol. The molecule has 0 spiro atoms. The summed E-state index contributed by atoms with van der Waals surface area (Å²) in [6, 6.07) is 16.8. The highest BCUT2D eigenvalue weighted by molar-refractivity contribution is 5.92. The van der Waals surface area contributed by atoms with Crippen LogP contribution in [0.25, 0.3) is 0 Å². The van der Waals surface area contributed by atoms with E-state index in [4.69, 9.17) is 4.74 Å². The molecule has 4 heteroatoms. The van der Waals surface area contributed by atoms with Crippen LogP contribution < -0.4 is 15.0 Å². The van der Waals surface area contributed by atoms with E-state index in [-0.39, 0.29) is 5.91 Å². The van der Waals surface area contributed by atoms with Crippen molar-refractivity contribution in [1.82, 2.24) is 0 Å². The number of methoxy groups -OCH3 is 1. The van der Waals surface area contributed by atoms with Gasteiger partial charge in [-0.1, -0.05) is 32.0 Å². The largest absolute Gasteiger partial charge is 0.497 e. The van der Waals surface area contributed by atoms with E-state index in [2.05, 4.69) is 37.4 Å². The minimum Gasteiger partial charge on any atom is -0.497 e. The molecule has 0 radical (unpaired) electrons. The van der Waals surface area contributed by atoms with Crippen molar-refractivity contribution in [3.63, 3.8) is 0 Å². The van der Waals surface area contributed by atoms with E-state index in [1.807, 2.05) is 30.3 Å². The zero-order chi connectivity index (χ0) is 18.5. The third-order valence-corrected chi connectivity index (χ3v) is 4.99. The van der Waals surface area contributed by atoms with Crippen molar-refractivity contribution in [2.24, 2.45) is 0 Å². The summed E-state index contributed by atoms with van der Waals surface area (Å²) < 4.78 is 5.22. The fraction of sp³-hybridized carbons (Fsp3) is 0.409. The van der Waals surface area contributed by atoms with Crippen LogP contribution in [-0.2, 0) is 11.3 Å². The van der Waals surface area contributed by atoms with Gasteiger partial charge < -0.3 is 15.0 Å². The first kappa shape index (κ1) is 18.5. The fourth-order valence-corrected chi connectivity index (χ4v) is 3.36. The van der Waals surface area contributed by atoms with Crippen LogP contribution in [0.2, 0.25) is 0 Å². The number of amides is 1. The molecular weight excluding hydrogens is 324 g/mol. The molecule has 1 aliphatic carbocycles. The number of hydrogen-bond donors (Lipinski definition) is 2. The zero-order valence-corrected chi connectivity index (χ0v) is 15.9. The van der Waals surface area contributed by atoms with Gasteiger partial charge in [-0.2, -0.15) is 0 Å². The van der Waals surface area contributed by atoms with E-state index in [1.54, 1.807) is 7.11 Å². The minimum absolute atomic E-state index is 0.0912. The van der Waals surface area contributed by atoms with Crippen LogP contribution in [0.3, 0.4) is 0 Å². The molecule has 2 aromatic carbocycles. The number of benzene rings is 2. The Morgan fingerprint density at radius 2 is 1.85 bits per heavy atom. The van der Waals surface area contributed by atoms with Gasteiger partial charge in [-0.25, -0.2) is 0 Å². The van der Waals surface area contributed by atoms with Crippen molar-refractivity contribution in [3.05, 3.63) is 59.7 Å². The molecule has 1 unspecified atom stereocenters. The number of para-hydroxylation sites is 1. The molecule has 26 heavy (non-hydrogen) atoms. The lowest BCUT2D eigenvalue weighted by molar-refractivity contribution is -0.916. The number of carbonyl (C=O) groups is 1. The number of hydrogen-bond acceptors (Lipinski definition) is 2. The number of rotatable bonds is 8. The Morgan fingerprint density at radius 3 is 2.46 bits per heavy atom. The summed E-state index contributed by atoms with van der Waals surface area (Å²) in [4.78, 5) is 14.0. The van der Waals surface area contributed by atoms with Crippen LogP contribution in [0.1, 0.15) is 43.7 Å². The van der Waals surface area contributed by atoms with E-state index in [0.29, 0.717) is 18.5 Å². The van der Waals surface area contributed by atoms with Crippen molar-refractivity contribution in [2.75, 3.05) is 19.0 Å². The standard InChI is InChI=1S/C22H28N2O2/c1-16(2)20-6-4-5-7-21(20)23-22(25)15-24(18-10-11-18)14-17-8-12-19(26-3)13-9-17/h4-9,12-13,16,18H,10-11,14-15H2,1-3H3,(H,23,25)/p+1. The summed E-state index contributed by atoms with van der Waals surface area (Å²) in [5.74, 6) is 1.34. The summed E-state index contributed by atoms with van der Waals surface area (Å²) in [5.41, 5.74) is 3.36. The van der Waals surface area contributed by atoms with E-state index in [1.165, 1.54) is 28.9 Å². The number of quaternary nitrogens is 1. The highest BCUT2D eigenvalue weighted by atomic mass is 16.5. The third-order valence-electron chi connectivity index (χ3n) is 4.99. The van der Waals surface area contributed by atoms with Gasteiger partial charge in [0.15, 0.2) is 6.54 Å². The Kier molecular flexibility index (Phi) is 5.94. The van der Waals surface area contributed by atoms with Crippen LogP contribution in [0, 0.1) is 0 Å². The molecule has 2 aromatic rings. The minimum atomic E-state index is 0.0912. The summed E-state index contributed by atoms with van der Waals surface area (Å²) >= 11 is 0. The fourth-order valence-electron chi connectivity index (χ4n) is 3.36. The average Bonchev–Trinajstić information content (AvgIpc) is 3.47. The van der Waals surface area contributed by atoms with E-state index in [9.17, 15) is 4.79 Å². The predicted molar refractivity (Wildman–Crippen MR) is 105 cm³/mol. The second-order valence-electron chi connectivity index (χ2n) is 7.42. The first-order chi connectivity index (χ1) is 12.6. The molecule has 3 rings (SSSR count). The summed E-state index contributed by atoms with van der Waals surface area (Å²) in [6.45, 7) is 5.67. The van der Waals surface area contributed by atoms with Gasteiger partial charge in [0.2, 0.25) is 0 Å². The molecule has 0 aliphatic heterocycles. The Bertz CT molecular complexity index is 736. The smallest absolute Gasteiger partial charge is 0.279 e. The van der Waals surface area contributed by atoms with Gasteiger partial charge in [-0.3, -0.25) is 4.79 Å². The predicted octanol–water partition coefficient (Wildman–Crippen LogP) is 3.00. The van der Waals surface area contributed by atoms with Gasteiger partial charge in [0.25, 0.3) is 5.91 Å². The molecule has 1 fully saturated rings. The lowest BCUT2D eigenvalue weighted by Gasteiger charge is -2.20. The van der Waals surface area contributed by atoms with Crippen LogP contribution in [-0.4, -0.2) is 25.6 Å². The molecule has 2 N–H and O–H groups in total. The normalized spacial score (nSPS) is 14.9. The number of carbonyl (C=O) groups excluding carboxylic acids is 1. The molecule has 1 amide bonds. The zero-order valence-electron chi connectivity index (χ0n) is 15.9. The second-order valence-corrected chi connectivity index (χ2v) is 7.42. The first-order valence-corrected chi connectivity index (χ1v) is 9.43. The lowest BCUT2D eigenvalue weighted by Crippen LogP contribution is -3.13. The van der Waals surface area contributed by atoms with Gasteiger partial charge in [0.1, 0.15) is 12.3 Å². The van der Waals surface area contributed by atoms with Gasteiger partial charge in [0, 0.05) is 24.1 Å². The van der Waals surface area contributed by atoms with E-state index < -0.39 is 0 Å².